The van der Waals surface area contributed by atoms with Crippen LogP contribution in [0.3, 0.4) is 0 Å². The Kier molecular flexibility index (Phi) is 2.00. The largest absolute Gasteiger partial charge is 0.377 e. The topological polar surface area (TPSA) is 9.23 Å². The van der Waals surface area contributed by atoms with E-state index >= 15 is 0 Å². The molecule has 1 nitrogen and oxygen atoms in total. The first kappa shape index (κ1) is 5.93. The Labute approximate surface area is 63.0 Å². The third kappa shape index (κ3) is 1.58. The first-order valence-corrected chi connectivity index (χ1v) is 3.27. The maximum absolute atomic E-state index is 7.69. The Morgan fingerprint density at radius 3 is 2.50 bits per heavy atom. The maximum atomic E-state index is 7.69. The average Bonchev–Trinajstić information content (AvgIpc) is 2.06. The zero-order valence-corrected chi connectivity index (χ0v) is 6.29. The molecule has 0 aliphatic carbocycles. The molecule has 1 aromatic carbocycles. The van der Waals surface area contributed by atoms with Crippen LogP contribution >= 0.6 is 0 Å². The highest BCUT2D eigenvalue weighted by Gasteiger charge is 1.99. The van der Waals surface area contributed by atoms with Crippen LogP contribution in [0.15, 0.2) is 30.3 Å². The summed E-state index contributed by atoms with van der Waals surface area (Å²) in [4.78, 5) is 0. The number of benzene rings is 1. The molecule has 0 amide bonds. The molecule has 0 aliphatic rings. The van der Waals surface area contributed by atoms with Gasteiger partial charge >= 0.3 is 0 Å². The molecule has 0 saturated carbocycles. The van der Waals surface area contributed by atoms with Gasteiger partial charge in [-0.25, -0.2) is 0 Å². The van der Waals surface area contributed by atoms with Gasteiger partial charge in [-0.3, -0.25) is 0 Å². The number of hydrogen-bond acceptors (Lipinski definition) is 1. The molecular weight excluding hydrogens is 124 g/mol. The van der Waals surface area contributed by atoms with Gasteiger partial charge < -0.3 is 4.74 Å². The molecule has 0 fully saturated rings. The summed E-state index contributed by atoms with van der Waals surface area (Å²) >= 11 is 0. The van der Waals surface area contributed by atoms with Gasteiger partial charge in [0.2, 0.25) is 0 Å². The van der Waals surface area contributed by atoms with Crippen molar-refractivity contribution in [2.75, 3.05) is 7.11 Å². The van der Waals surface area contributed by atoms with Crippen LogP contribution < -0.4 is 0 Å². The molecule has 1 atom stereocenters. The molecule has 0 aromatic heterocycles. The van der Waals surface area contributed by atoms with Gasteiger partial charge in [0.1, 0.15) is 0 Å². The van der Waals surface area contributed by atoms with Crippen molar-refractivity contribution in [2.24, 2.45) is 0 Å². The minimum atomic E-state index is -0.915. The van der Waals surface area contributed by atoms with Gasteiger partial charge in [0.05, 0.1) is 7.45 Å². The Morgan fingerprint density at radius 1 is 1.40 bits per heavy atom. The number of ether oxygens (including phenoxy) is 1. The molecule has 1 rings (SSSR count). The summed E-state index contributed by atoms with van der Waals surface area (Å²) in [7, 11) is 1.54. The first-order chi connectivity index (χ1) is 5.17. The highest BCUT2D eigenvalue weighted by molar-refractivity contribution is 5.16. The van der Waals surface area contributed by atoms with Crippen LogP contribution in [0.4, 0.5) is 0 Å². The van der Waals surface area contributed by atoms with Crippen molar-refractivity contribution in [2.45, 2.75) is 13.0 Å². The second-order valence-electron chi connectivity index (χ2n) is 2.13. The lowest BCUT2D eigenvalue weighted by Gasteiger charge is -2.07. The minimum Gasteiger partial charge on any atom is -0.377 e. The van der Waals surface area contributed by atoms with Crippen molar-refractivity contribution in [1.82, 2.24) is 0 Å². The Balaban J connectivity index is 2.93. The van der Waals surface area contributed by atoms with E-state index in [-0.39, 0.29) is 0 Å². The minimum absolute atomic E-state index is 0.877. The lowest BCUT2D eigenvalue weighted by Crippen LogP contribution is -1.93. The van der Waals surface area contributed by atoms with Gasteiger partial charge in [0, 0.05) is 7.11 Å². The first-order valence-electron chi connectivity index (χ1n) is 3.77. The second kappa shape index (κ2) is 3.37. The molecule has 0 unspecified atom stereocenters. The fraction of sp³-hybridized carbons (Fsp3) is 0.333. The van der Waals surface area contributed by atoms with Crippen molar-refractivity contribution < 1.29 is 6.11 Å². The monoisotopic (exact) mass is 137 g/mol. The molecule has 1 aromatic rings. The Bertz CT molecular complexity index is 218. The maximum Gasteiger partial charge on any atom is 0.0793 e. The zero-order valence-electron chi connectivity index (χ0n) is 7.29. The molecular formula is C9H12O. The van der Waals surface area contributed by atoms with E-state index in [4.69, 9.17) is 6.11 Å². The van der Waals surface area contributed by atoms with E-state index < -0.39 is 6.08 Å². The normalized spacial score (nSPS) is 17.6. The fourth-order valence-corrected chi connectivity index (χ4v) is 0.791. The molecule has 0 N–H and O–H groups in total. The van der Waals surface area contributed by atoms with E-state index in [1.165, 1.54) is 0 Å². The van der Waals surface area contributed by atoms with Gasteiger partial charge in [-0.1, -0.05) is 30.3 Å². The van der Waals surface area contributed by atoms with E-state index in [0.29, 0.717) is 0 Å². The molecule has 0 heterocycles. The van der Waals surface area contributed by atoms with Crippen molar-refractivity contribution in [3.8, 4) is 0 Å². The third-order valence-electron chi connectivity index (χ3n) is 1.49. The summed E-state index contributed by atoms with van der Waals surface area (Å²) in [5.74, 6) is 0. The van der Waals surface area contributed by atoms with Crippen molar-refractivity contribution in [3.05, 3.63) is 35.9 Å². The third-order valence-corrected chi connectivity index (χ3v) is 1.49. The predicted octanol–water partition coefficient (Wildman–Crippen LogP) is 2.39. The SMILES string of the molecule is [2H][C@](C)(OC)c1ccccc1. The van der Waals surface area contributed by atoms with Crippen LogP contribution in [0.2, 0.25) is 0 Å². The average molecular weight is 137 g/mol. The van der Waals surface area contributed by atoms with E-state index in [1.807, 2.05) is 30.3 Å². The second-order valence-corrected chi connectivity index (χ2v) is 2.13. The molecule has 0 spiro atoms. The van der Waals surface area contributed by atoms with E-state index in [9.17, 15) is 0 Å². The van der Waals surface area contributed by atoms with Gasteiger partial charge in [-0.2, -0.15) is 0 Å². The van der Waals surface area contributed by atoms with Gasteiger partial charge in [0.15, 0.2) is 0 Å². The smallest absolute Gasteiger partial charge is 0.0793 e. The van der Waals surface area contributed by atoms with Crippen LogP contribution in [-0.2, 0) is 4.74 Å². The molecule has 1 heteroatoms. The van der Waals surface area contributed by atoms with E-state index in [0.717, 1.165) is 5.56 Å². The Hall–Kier alpha value is -0.820. The van der Waals surface area contributed by atoms with Crippen LogP contribution in [0.1, 0.15) is 19.9 Å². The summed E-state index contributed by atoms with van der Waals surface area (Å²) in [6.45, 7) is 1.72. The summed E-state index contributed by atoms with van der Waals surface area (Å²) in [6.07, 6.45) is -0.915. The quantitative estimate of drug-likeness (QED) is 0.608. The van der Waals surface area contributed by atoms with Crippen LogP contribution in [-0.4, -0.2) is 7.11 Å². The fourth-order valence-electron chi connectivity index (χ4n) is 0.791. The lowest BCUT2D eigenvalue weighted by molar-refractivity contribution is 0.119. The van der Waals surface area contributed by atoms with Crippen LogP contribution in [0.25, 0.3) is 0 Å². The van der Waals surface area contributed by atoms with Gasteiger partial charge in [-0.15, -0.1) is 0 Å². The van der Waals surface area contributed by atoms with E-state index in [2.05, 4.69) is 0 Å². The van der Waals surface area contributed by atoms with Crippen molar-refractivity contribution in [1.29, 1.82) is 0 Å². The molecule has 0 aliphatic heterocycles. The van der Waals surface area contributed by atoms with E-state index in [1.54, 1.807) is 14.0 Å². The number of hydrogen-bond donors (Lipinski definition) is 0. The summed E-state index contributed by atoms with van der Waals surface area (Å²) < 4.78 is 12.7. The van der Waals surface area contributed by atoms with Gasteiger partial charge in [0.25, 0.3) is 0 Å². The highest BCUT2D eigenvalue weighted by atomic mass is 16.5. The molecule has 10 heavy (non-hydrogen) atoms. The summed E-state index contributed by atoms with van der Waals surface area (Å²) in [5.41, 5.74) is 0.877. The number of rotatable bonds is 2. The molecule has 0 saturated heterocycles. The molecule has 0 bridgehead atoms. The van der Waals surface area contributed by atoms with Crippen LogP contribution in [0, 0.1) is 0 Å². The Morgan fingerprint density at radius 2 is 2.00 bits per heavy atom. The summed E-state index contributed by atoms with van der Waals surface area (Å²) in [5, 5.41) is 0. The molecule has 54 valence electrons. The predicted molar refractivity (Wildman–Crippen MR) is 41.9 cm³/mol. The zero-order chi connectivity index (χ0) is 8.32. The van der Waals surface area contributed by atoms with Gasteiger partial charge in [-0.05, 0) is 12.5 Å². The van der Waals surface area contributed by atoms with Crippen molar-refractivity contribution in [3.63, 3.8) is 0 Å². The summed E-state index contributed by atoms with van der Waals surface area (Å²) in [6, 6.07) is 9.50. The van der Waals surface area contributed by atoms with Crippen molar-refractivity contribution >= 4 is 0 Å². The number of methoxy groups -OCH3 is 1. The highest BCUT2D eigenvalue weighted by Crippen LogP contribution is 2.13. The lowest BCUT2D eigenvalue weighted by atomic mass is 10.1. The standard InChI is InChI=1S/C9H12O/c1-8(10-2)9-6-4-3-5-7-9/h3-8H,1-2H3/t8-/m1/s1/i8D. The molecule has 0 radical (unpaired) electrons. The van der Waals surface area contributed by atoms with Crippen LogP contribution in [0.5, 0.6) is 0 Å².